The number of carbonyl (C=O) groups is 1. The number of sulfonamides is 1. The normalized spacial score (nSPS) is 13.1. The van der Waals surface area contributed by atoms with E-state index in [9.17, 15) is 23.1 Å². The standard InChI is InChI=1S/C19H17N3O6S/c1-22-16-7-6-12(9-17(16)28-19(22)25)29(26,27)21-15(18(23)24)8-11-10-20-14-5-3-2-4-13(11)14/h2-7,9-10,15,20-21H,8H2,1H3,(H,23,24)/t15-/m1/s1. The van der Waals surface area contributed by atoms with Crippen molar-refractivity contribution in [3.8, 4) is 0 Å². The van der Waals surface area contributed by atoms with E-state index in [2.05, 4.69) is 9.71 Å². The monoisotopic (exact) mass is 415 g/mol. The van der Waals surface area contributed by atoms with E-state index in [0.29, 0.717) is 11.1 Å². The number of benzene rings is 2. The Hall–Kier alpha value is -3.37. The molecule has 4 rings (SSSR count). The Balaban J connectivity index is 1.65. The van der Waals surface area contributed by atoms with Crippen molar-refractivity contribution in [2.24, 2.45) is 7.05 Å². The molecule has 29 heavy (non-hydrogen) atoms. The van der Waals surface area contributed by atoms with E-state index in [1.807, 2.05) is 24.3 Å². The number of rotatable bonds is 6. The summed E-state index contributed by atoms with van der Waals surface area (Å²) in [5.74, 6) is -1.92. The largest absolute Gasteiger partial charge is 0.480 e. The zero-order chi connectivity index (χ0) is 20.8. The minimum atomic E-state index is -4.17. The van der Waals surface area contributed by atoms with Crippen LogP contribution in [0.4, 0.5) is 0 Å². The molecule has 0 amide bonds. The molecule has 9 nitrogen and oxygen atoms in total. The summed E-state index contributed by atoms with van der Waals surface area (Å²) in [4.78, 5) is 26.2. The summed E-state index contributed by atoms with van der Waals surface area (Å²) < 4.78 is 34.0. The number of hydrogen-bond donors (Lipinski definition) is 3. The van der Waals surface area contributed by atoms with Gasteiger partial charge in [-0.2, -0.15) is 4.72 Å². The van der Waals surface area contributed by atoms with Crippen LogP contribution in [-0.4, -0.2) is 35.1 Å². The number of aromatic amines is 1. The molecule has 0 bridgehead atoms. The zero-order valence-electron chi connectivity index (χ0n) is 15.2. The predicted molar refractivity (Wildman–Crippen MR) is 105 cm³/mol. The first-order valence-electron chi connectivity index (χ1n) is 8.66. The van der Waals surface area contributed by atoms with Gasteiger partial charge in [0.1, 0.15) is 6.04 Å². The van der Waals surface area contributed by atoms with Crippen molar-refractivity contribution in [2.45, 2.75) is 17.4 Å². The Morgan fingerprint density at radius 1 is 1.28 bits per heavy atom. The van der Waals surface area contributed by atoms with Gasteiger partial charge >= 0.3 is 11.7 Å². The van der Waals surface area contributed by atoms with Gasteiger partial charge < -0.3 is 14.5 Å². The quantitative estimate of drug-likeness (QED) is 0.438. The number of carboxylic acids is 1. The molecule has 0 aliphatic carbocycles. The van der Waals surface area contributed by atoms with Crippen molar-refractivity contribution in [1.82, 2.24) is 14.3 Å². The number of aliphatic carboxylic acids is 1. The van der Waals surface area contributed by atoms with Crippen molar-refractivity contribution in [1.29, 1.82) is 0 Å². The molecule has 1 atom stereocenters. The van der Waals surface area contributed by atoms with Gasteiger partial charge in [-0.15, -0.1) is 0 Å². The van der Waals surface area contributed by atoms with Crippen molar-refractivity contribution in [3.05, 3.63) is 64.8 Å². The number of carboxylic acid groups (broad SMARTS) is 1. The van der Waals surface area contributed by atoms with Crippen LogP contribution in [0.25, 0.3) is 22.0 Å². The molecule has 2 heterocycles. The van der Waals surface area contributed by atoms with E-state index in [1.54, 1.807) is 6.20 Å². The molecule has 0 radical (unpaired) electrons. The molecule has 2 aromatic heterocycles. The summed E-state index contributed by atoms with van der Waals surface area (Å²) in [6.45, 7) is 0. The fourth-order valence-electron chi connectivity index (χ4n) is 3.24. The third-order valence-electron chi connectivity index (χ3n) is 4.77. The molecule has 2 aromatic carbocycles. The van der Waals surface area contributed by atoms with E-state index in [1.165, 1.54) is 29.8 Å². The van der Waals surface area contributed by atoms with Gasteiger partial charge in [-0.05, 0) is 23.8 Å². The van der Waals surface area contributed by atoms with E-state index in [0.717, 1.165) is 10.9 Å². The SMILES string of the molecule is Cn1c(=O)oc2cc(S(=O)(=O)N[C@H](Cc3c[nH]c4ccccc34)C(=O)O)ccc21. The number of oxazole rings is 1. The lowest BCUT2D eigenvalue weighted by atomic mass is 10.1. The number of nitrogens with one attached hydrogen (secondary N) is 2. The molecular formula is C19H17N3O6S. The minimum Gasteiger partial charge on any atom is -0.480 e. The van der Waals surface area contributed by atoms with Gasteiger partial charge in [-0.3, -0.25) is 9.36 Å². The molecule has 0 aliphatic heterocycles. The Morgan fingerprint density at radius 2 is 2.03 bits per heavy atom. The van der Waals surface area contributed by atoms with Crippen LogP contribution in [0.15, 0.2) is 62.8 Å². The van der Waals surface area contributed by atoms with Crippen LogP contribution in [0, 0.1) is 0 Å². The second kappa shape index (κ2) is 6.90. The van der Waals surface area contributed by atoms with Crippen LogP contribution < -0.4 is 10.5 Å². The second-order valence-electron chi connectivity index (χ2n) is 6.63. The van der Waals surface area contributed by atoms with Crippen molar-refractivity contribution < 1.29 is 22.7 Å². The molecule has 0 saturated heterocycles. The van der Waals surface area contributed by atoms with E-state index in [-0.39, 0.29) is 16.9 Å². The molecular weight excluding hydrogens is 398 g/mol. The van der Waals surface area contributed by atoms with Crippen LogP contribution in [0.5, 0.6) is 0 Å². The average molecular weight is 415 g/mol. The summed E-state index contributed by atoms with van der Waals surface area (Å²) in [6, 6.07) is 9.90. The summed E-state index contributed by atoms with van der Waals surface area (Å²) in [6.07, 6.45) is 1.63. The van der Waals surface area contributed by atoms with Gasteiger partial charge in [0.15, 0.2) is 5.58 Å². The highest BCUT2D eigenvalue weighted by molar-refractivity contribution is 7.89. The summed E-state index contributed by atoms with van der Waals surface area (Å²) in [7, 11) is -2.67. The van der Waals surface area contributed by atoms with Crippen LogP contribution in [-0.2, 0) is 28.3 Å². The van der Waals surface area contributed by atoms with Crippen LogP contribution >= 0.6 is 0 Å². The Morgan fingerprint density at radius 3 is 2.79 bits per heavy atom. The van der Waals surface area contributed by atoms with E-state index < -0.39 is 27.8 Å². The third kappa shape index (κ3) is 3.43. The summed E-state index contributed by atoms with van der Waals surface area (Å²) in [5, 5.41) is 10.4. The van der Waals surface area contributed by atoms with Crippen LogP contribution in [0.3, 0.4) is 0 Å². The second-order valence-corrected chi connectivity index (χ2v) is 8.35. The molecule has 150 valence electrons. The number of nitrogens with zero attached hydrogens (tertiary/aromatic N) is 1. The first kappa shape index (κ1) is 19.0. The first-order chi connectivity index (χ1) is 13.8. The van der Waals surface area contributed by atoms with Gasteiger partial charge in [-0.25, -0.2) is 13.2 Å². The number of hydrogen-bond acceptors (Lipinski definition) is 5. The topological polar surface area (TPSA) is 134 Å². The van der Waals surface area contributed by atoms with Gasteiger partial charge in [0.2, 0.25) is 10.0 Å². The van der Waals surface area contributed by atoms with Gasteiger partial charge in [0.05, 0.1) is 10.4 Å². The van der Waals surface area contributed by atoms with E-state index >= 15 is 0 Å². The maximum absolute atomic E-state index is 12.8. The maximum Gasteiger partial charge on any atom is 0.419 e. The zero-order valence-corrected chi connectivity index (χ0v) is 16.1. The lowest BCUT2D eigenvalue weighted by molar-refractivity contribution is -0.138. The Kier molecular flexibility index (Phi) is 4.52. The molecule has 0 fully saturated rings. The first-order valence-corrected chi connectivity index (χ1v) is 10.1. The fraction of sp³-hybridized carbons (Fsp3) is 0.158. The number of H-pyrrole nitrogens is 1. The summed E-state index contributed by atoms with van der Waals surface area (Å²) in [5.41, 5.74) is 2.05. The van der Waals surface area contributed by atoms with Crippen molar-refractivity contribution in [3.63, 3.8) is 0 Å². The van der Waals surface area contributed by atoms with Crippen molar-refractivity contribution >= 4 is 38.0 Å². The molecule has 4 aromatic rings. The number of para-hydroxylation sites is 1. The van der Waals surface area contributed by atoms with Gasteiger partial charge in [0.25, 0.3) is 0 Å². The average Bonchev–Trinajstić information content (AvgIpc) is 3.22. The number of aromatic nitrogens is 2. The summed E-state index contributed by atoms with van der Waals surface area (Å²) >= 11 is 0. The molecule has 3 N–H and O–H groups in total. The molecule has 10 heteroatoms. The van der Waals surface area contributed by atoms with Crippen molar-refractivity contribution in [2.75, 3.05) is 0 Å². The highest BCUT2D eigenvalue weighted by Crippen LogP contribution is 2.21. The lowest BCUT2D eigenvalue weighted by Crippen LogP contribution is -2.42. The Bertz CT molecular complexity index is 1400. The molecule has 0 unspecified atom stereocenters. The number of fused-ring (bicyclic) bond motifs is 2. The highest BCUT2D eigenvalue weighted by Gasteiger charge is 2.27. The van der Waals surface area contributed by atoms with E-state index in [4.69, 9.17) is 4.42 Å². The fourth-order valence-corrected chi connectivity index (χ4v) is 4.44. The Labute approximate surface area is 164 Å². The predicted octanol–water partition coefficient (Wildman–Crippen LogP) is 1.59. The van der Waals surface area contributed by atoms with Crippen LogP contribution in [0.1, 0.15) is 5.56 Å². The molecule has 0 saturated carbocycles. The lowest BCUT2D eigenvalue weighted by Gasteiger charge is -2.14. The molecule has 0 aliphatic rings. The van der Waals surface area contributed by atoms with Gasteiger partial charge in [-0.1, -0.05) is 18.2 Å². The third-order valence-corrected chi connectivity index (χ3v) is 6.24. The number of aryl methyl sites for hydroxylation is 1. The van der Waals surface area contributed by atoms with Crippen LogP contribution in [0.2, 0.25) is 0 Å². The maximum atomic E-state index is 12.8. The molecule has 0 spiro atoms. The smallest absolute Gasteiger partial charge is 0.419 e. The minimum absolute atomic E-state index is 0.0404. The van der Waals surface area contributed by atoms with Gasteiger partial charge in [0, 0.05) is 36.6 Å². The highest BCUT2D eigenvalue weighted by atomic mass is 32.2.